The van der Waals surface area contributed by atoms with Crippen LogP contribution in [0.1, 0.15) is 32.3 Å². The largest absolute Gasteiger partial charge is 0.475 e. The maximum atomic E-state index is 5.66. The van der Waals surface area contributed by atoms with E-state index in [1.165, 1.54) is 0 Å². The number of aromatic nitrogens is 1. The molecule has 3 nitrogen and oxygen atoms in total. The van der Waals surface area contributed by atoms with Crippen LogP contribution in [0.2, 0.25) is 0 Å². The molecule has 1 aromatic heterocycles. The van der Waals surface area contributed by atoms with Crippen LogP contribution in [0.3, 0.4) is 0 Å². The highest BCUT2D eigenvalue weighted by molar-refractivity contribution is 5.45. The predicted molar refractivity (Wildman–Crippen MR) is 58.4 cm³/mol. The van der Waals surface area contributed by atoms with Crippen molar-refractivity contribution < 1.29 is 4.74 Å². The van der Waals surface area contributed by atoms with Crippen molar-refractivity contribution in [2.75, 3.05) is 5.73 Å². The van der Waals surface area contributed by atoms with E-state index >= 15 is 0 Å². The van der Waals surface area contributed by atoms with Crippen molar-refractivity contribution in [3.63, 3.8) is 0 Å². The molecule has 1 heterocycles. The molecular formula is C11H18N2O. The van der Waals surface area contributed by atoms with Crippen LogP contribution in [0.5, 0.6) is 5.88 Å². The Morgan fingerprint density at radius 2 is 2.29 bits per heavy atom. The first-order valence-corrected chi connectivity index (χ1v) is 5.02. The molecule has 1 aromatic rings. The number of hydrogen-bond acceptors (Lipinski definition) is 3. The number of anilines is 1. The first-order chi connectivity index (χ1) is 6.63. The second kappa shape index (κ2) is 4.84. The van der Waals surface area contributed by atoms with E-state index < -0.39 is 0 Å². The average molecular weight is 194 g/mol. The van der Waals surface area contributed by atoms with Crippen molar-refractivity contribution in [2.24, 2.45) is 0 Å². The number of aryl methyl sites for hydroxylation is 1. The summed E-state index contributed by atoms with van der Waals surface area (Å²) in [5.74, 6) is 0.664. The fourth-order valence-electron chi connectivity index (χ4n) is 1.28. The molecular weight excluding hydrogens is 176 g/mol. The molecule has 0 aliphatic heterocycles. The zero-order valence-electron chi connectivity index (χ0n) is 9.08. The van der Waals surface area contributed by atoms with Gasteiger partial charge in [-0.1, -0.05) is 13.3 Å². The smallest absolute Gasteiger partial charge is 0.213 e. The SMILES string of the molecule is CCCC(C)Oc1cc(C)c(N)cn1. The lowest BCUT2D eigenvalue weighted by atomic mass is 10.2. The summed E-state index contributed by atoms with van der Waals surface area (Å²) in [5, 5.41) is 0. The van der Waals surface area contributed by atoms with E-state index in [1.807, 2.05) is 13.0 Å². The molecule has 0 spiro atoms. The first-order valence-electron chi connectivity index (χ1n) is 5.02. The molecule has 0 fully saturated rings. The number of ether oxygens (including phenoxy) is 1. The third kappa shape index (κ3) is 2.91. The molecule has 0 aromatic carbocycles. The van der Waals surface area contributed by atoms with Gasteiger partial charge in [0.05, 0.1) is 18.0 Å². The van der Waals surface area contributed by atoms with Gasteiger partial charge in [0.25, 0.3) is 0 Å². The van der Waals surface area contributed by atoms with Gasteiger partial charge in [-0.3, -0.25) is 0 Å². The molecule has 0 radical (unpaired) electrons. The zero-order chi connectivity index (χ0) is 10.6. The van der Waals surface area contributed by atoms with Crippen molar-refractivity contribution in [1.82, 2.24) is 4.98 Å². The van der Waals surface area contributed by atoms with Gasteiger partial charge >= 0.3 is 0 Å². The highest BCUT2D eigenvalue weighted by Gasteiger charge is 2.04. The highest BCUT2D eigenvalue weighted by Crippen LogP contribution is 2.16. The molecule has 0 aliphatic rings. The van der Waals surface area contributed by atoms with E-state index in [-0.39, 0.29) is 6.10 Å². The Morgan fingerprint density at radius 3 is 2.86 bits per heavy atom. The Kier molecular flexibility index (Phi) is 3.74. The van der Waals surface area contributed by atoms with Gasteiger partial charge in [-0.2, -0.15) is 0 Å². The molecule has 0 saturated heterocycles. The van der Waals surface area contributed by atoms with E-state index in [9.17, 15) is 0 Å². The molecule has 0 saturated carbocycles. The van der Waals surface area contributed by atoms with E-state index in [1.54, 1.807) is 6.20 Å². The van der Waals surface area contributed by atoms with Gasteiger partial charge in [0.1, 0.15) is 0 Å². The van der Waals surface area contributed by atoms with E-state index in [2.05, 4.69) is 18.8 Å². The number of nitrogen functional groups attached to an aromatic ring is 1. The lowest BCUT2D eigenvalue weighted by Crippen LogP contribution is -2.12. The number of hydrogen-bond donors (Lipinski definition) is 1. The topological polar surface area (TPSA) is 48.1 Å². The van der Waals surface area contributed by atoms with Crippen LogP contribution in [-0.4, -0.2) is 11.1 Å². The van der Waals surface area contributed by atoms with Crippen LogP contribution in [-0.2, 0) is 0 Å². The summed E-state index contributed by atoms with van der Waals surface area (Å²) in [4.78, 5) is 4.11. The fraction of sp³-hybridized carbons (Fsp3) is 0.545. The van der Waals surface area contributed by atoms with Gasteiger partial charge in [0, 0.05) is 6.07 Å². The number of pyridine rings is 1. The second-order valence-corrected chi connectivity index (χ2v) is 3.60. The van der Waals surface area contributed by atoms with E-state index in [4.69, 9.17) is 10.5 Å². The van der Waals surface area contributed by atoms with Crippen molar-refractivity contribution in [2.45, 2.75) is 39.7 Å². The lowest BCUT2D eigenvalue weighted by molar-refractivity contribution is 0.201. The maximum absolute atomic E-state index is 5.66. The molecule has 1 atom stereocenters. The minimum Gasteiger partial charge on any atom is -0.475 e. The van der Waals surface area contributed by atoms with Crippen LogP contribution in [0, 0.1) is 6.92 Å². The summed E-state index contributed by atoms with van der Waals surface area (Å²) in [6.07, 6.45) is 4.03. The van der Waals surface area contributed by atoms with Gasteiger partial charge in [-0.05, 0) is 25.8 Å². The van der Waals surface area contributed by atoms with Crippen LogP contribution in [0.15, 0.2) is 12.3 Å². The van der Waals surface area contributed by atoms with Gasteiger partial charge in [0.2, 0.25) is 5.88 Å². The minimum atomic E-state index is 0.218. The molecule has 0 bridgehead atoms. The fourth-order valence-corrected chi connectivity index (χ4v) is 1.28. The van der Waals surface area contributed by atoms with E-state index in [0.29, 0.717) is 11.6 Å². The van der Waals surface area contributed by atoms with Crippen molar-refractivity contribution in [1.29, 1.82) is 0 Å². The summed E-state index contributed by atoms with van der Waals surface area (Å²) in [7, 11) is 0. The summed E-state index contributed by atoms with van der Waals surface area (Å²) in [5.41, 5.74) is 7.38. The van der Waals surface area contributed by atoms with Gasteiger partial charge in [-0.25, -0.2) is 4.98 Å². The standard InChI is InChI=1S/C11H18N2O/c1-4-5-9(3)14-11-6-8(2)10(12)7-13-11/h6-7,9H,4-5,12H2,1-3H3. The second-order valence-electron chi connectivity index (χ2n) is 3.60. The Morgan fingerprint density at radius 1 is 1.57 bits per heavy atom. The molecule has 0 amide bonds. The molecule has 0 aliphatic carbocycles. The highest BCUT2D eigenvalue weighted by atomic mass is 16.5. The summed E-state index contributed by atoms with van der Waals surface area (Å²) < 4.78 is 5.62. The third-order valence-corrected chi connectivity index (χ3v) is 2.14. The summed E-state index contributed by atoms with van der Waals surface area (Å²) in [6.45, 7) is 6.15. The Labute approximate surface area is 85.3 Å². The van der Waals surface area contributed by atoms with Crippen molar-refractivity contribution in [3.05, 3.63) is 17.8 Å². The van der Waals surface area contributed by atoms with Crippen molar-refractivity contribution in [3.8, 4) is 5.88 Å². The van der Waals surface area contributed by atoms with Crippen molar-refractivity contribution >= 4 is 5.69 Å². The van der Waals surface area contributed by atoms with Crippen LogP contribution >= 0.6 is 0 Å². The lowest BCUT2D eigenvalue weighted by Gasteiger charge is -2.13. The average Bonchev–Trinajstić information content (AvgIpc) is 2.12. The van der Waals surface area contributed by atoms with Gasteiger partial charge in [0.15, 0.2) is 0 Å². The maximum Gasteiger partial charge on any atom is 0.213 e. The quantitative estimate of drug-likeness (QED) is 0.801. The monoisotopic (exact) mass is 194 g/mol. The predicted octanol–water partition coefficient (Wildman–Crippen LogP) is 2.54. The molecule has 1 rings (SSSR count). The zero-order valence-corrected chi connectivity index (χ0v) is 9.08. The Bertz CT molecular complexity index is 299. The number of nitrogens with two attached hydrogens (primary N) is 1. The van der Waals surface area contributed by atoms with Gasteiger partial charge in [-0.15, -0.1) is 0 Å². The van der Waals surface area contributed by atoms with Crippen LogP contribution < -0.4 is 10.5 Å². The normalized spacial score (nSPS) is 12.5. The minimum absolute atomic E-state index is 0.218. The van der Waals surface area contributed by atoms with Crippen LogP contribution in [0.25, 0.3) is 0 Å². The summed E-state index contributed by atoms with van der Waals surface area (Å²) in [6, 6.07) is 1.88. The Hall–Kier alpha value is -1.25. The Balaban J connectivity index is 2.63. The third-order valence-electron chi connectivity index (χ3n) is 2.14. The number of rotatable bonds is 4. The van der Waals surface area contributed by atoms with Gasteiger partial charge < -0.3 is 10.5 Å². The molecule has 2 N–H and O–H groups in total. The first kappa shape index (κ1) is 10.8. The molecule has 14 heavy (non-hydrogen) atoms. The molecule has 1 unspecified atom stereocenters. The summed E-state index contributed by atoms with van der Waals surface area (Å²) >= 11 is 0. The molecule has 3 heteroatoms. The van der Waals surface area contributed by atoms with Crippen LogP contribution in [0.4, 0.5) is 5.69 Å². The molecule has 78 valence electrons. The van der Waals surface area contributed by atoms with E-state index in [0.717, 1.165) is 18.4 Å². The number of nitrogens with zero attached hydrogens (tertiary/aromatic N) is 1.